The summed E-state index contributed by atoms with van der Waals surface area (Å²) in [5.41, 5.74) is 19.0. The molecule has 3 aromatic heterocycles. The molecule has 61 heavy (non-hydrogen) atoms. The first-order valence-corrected chi connectivity index (χ1v) is 22.7. The van der Waals surface area contributed by atoms with E-state index in [1.807, 2.05) is 17.6 Å². The fourth-order valence-corrected chi connectivity index (χ4v) is 11.8. The first-order valence-electron chi connectivity index (χ1n) is 21.9. The van der Waals surface area contributed by atoms with Gasteiger partial charge in [-0.15, -0.1) is 11.3 Å². The number of fused-ring (bicyclic) bond motifs is 10. The van der Waals surface area contributed by atoms with Crippen molar-refractivity contribution in [2.24, 2.45) is 0 Å². The lowest BCUT2D eigenvalue weighted by atomic mass is 9.58. The van der Waals surface area contributed by atoms with Crippen LogP contribution in [-0.2, 0) is 16.2 Å². The van der Waals surface area contributed by atoms with Crippen molar-refractivity contribution in [1.82, 2.24) is 4.57 Å². The van der Waals surface area contributed by atoms with Crippen molar-refractivity contribution in [3.05, 3.63) is 150 Å². The van der Waals surface area contributed by atoms with Gasteiger partial charge in [-0.25, -0.2) is 0 Å². The van der Waals surface area contributed by atoms with Crippen LogP contribution in [-0.4, -0.2) is 11.8 Å². The van der Waals surface area contributed by atoms with Crippen LogP contribution in [0.2, 0.25) is 0 Å². The van der Waals surface area contributed by atoms with Gasteiger partial charge in [0.1, 0.15) is 5.58 Å². The molecular weight excluding hydrogens is 760 g/mol. The summed E-state index contributed by atoms with van der Waals surface area (Å²) in [4.78, 5) is 0. The number of furan rings is 1. The topological polar surface area (TPSA) is 30.1 Å². The monoisotopic (exact) mass is 808 g/mol. The Morgan fingerprint density at radius 1 is 0.639 bits per heavy atom. The van der Waals surface area contributed by atoms with Gasteiger partial charge in [0.25, 0.3) is 0 Å². The largest absolute Gasteiger partial charge is 0.464 e. The number of nitrogens with zero attached hydrogens (tertiary/aromatic N) is 1. The van der Waals surface area contributed by atoms with Gasteiger partial charge in [-0.05, 0) is 117 Å². The summed E-state index contributed by atoms with van der Waals surface area (Å²) < 4.78 is 11.7. The van der Waals surface area contributed by atoms with E-state index in [0.29, 0.717) is 0 Å². The van der Waals surface area contributed by atoms with Crippen LogP contribution in [0.4, 0.5) is 11.4 Å². The lowest BCUT2D eigenvalue weighted by molar-refractivity contribution is 0.332. The van der Waals surface area contributed by atoms with Crippen molar-refractivity contribution in [2.75, 3.05) is 5.32 Å². The summed E-state index contributed by atoms with van der Waals surface area (Å²) in [6.45, 7) is 16.6. The Bertz CT molecular complexity index is 3450. The van der Waals surface area contributed by atoms with E-state index in [-0.39, 0.29) is 16.2 Å². The van der Waals surface area contributed by atoms with Crippen molar-refractivity contribution in [3.8, 4) is 27.9 Å². The molecule has 298 valence electrons. The first-order chi connectivity index (χ1) is 29.3. The predicted molar refractivity (Wildman–Crippen MR) is 264 cm³/mol. The molecule has 7 aromatic carbocycles. The van der Waals surface area contributed by atoms with Gasteiger partial charge in [-0.2, -0.15) is 0 Å². The molecule has 12 rings (SSSR count). The number of hydrogen-bond acceptors (Lipinski definition) is 3. The Morgan fingerprint density at radius 3 is 2.15 bits per heavy atom. The first kappa shape index (κ1) is 36.8. The molecule has 0 radical (unpaired) electrons. The van der Waals surface area contributed by atoms with Gasteiger partial charge < -0.3 is 14.3 Å². The highest BCUT2D eigenvalue weighted by atomic mass is 32.1. The number of rotatable bonds is 4. The second-order valence-corrected chi connectivity index (χ2v) is 21.2. The minimum Gasteiger partial charge on any atom is -0.464 e. The van der Waals surface area contributed by atoms with E-state index >= 15 is 0 Å². The third-order valence-electron chi connectivity index (χ3n) is 14.3. The Morgan fingerprint density at radius 2 is 1.38 bits per heavy atom. The van der Waals surface area contributed by atoms with Crippen molar-refractivity contribution in [2.45, 2.75) is 77.6 Å². The molecule has 0 fully saturated rings. The van der Waals surface area contributed by atoms with Gasteiger partial charge in [0.2, 0.25) is 0 Å². The summed E-state index contributed by atoms with van der Waals surface area (Å²) in [5, 5.41) is 10.4. The number of hydrogen-bond donors (Lipinski definition) is 1. The maximum atomic E-state index is 6.41. The van der Waals surface area contributed by atoms with Crippen molar-refractivity contribution in [1.29, 1.82) is 0 Å². The number of nitrogens with one attached hydrogen (secondary N) is 1. The SMILES string of the molecule is CC(C)(C)c1ccc(Nc2cc3c(cc2-c2ccc4c5cc6c(cc5n5c4c2Bc2cc4occ(-c7ccccc7)c4cc2-5)sc2ccccc26)C(C)(C)CCC3(C)C)cc1. The highest BCUT2D eigenvalue weighted by Gasteiger charge is 2.38. The fourth-order valence-electron chi connectivity index (χ4n) is 10.7. The van der Waals surface area contributed by atoms with E-state index in [0.717, 1.165) is 41.6 Å². The molecule has 3 nitrogen and oxygen atoms in total. The molecule has 2 aliphatic rings. The normalized spacial score (nSPS) is 15.4. The number of anilines is 2. The Labute approximate surface area is 362 Å². The van der Waals surface area contributed by atoms with Crippen LogP contribution in [0.3, 0.4) is 0 Å². The quantitative estimate of drug-likeness (QED) is 0.180. The highest BCUT2D eigenvalue weighted by molar-refractivity contribution is 7.25. The second kappa shape index (κ2) is 12.8. The van der Waals surface area contributed by atoms with Crippen LogP contribution >= 0.6 is 11.3 Å². The maximum Gasteiger partial charge on any atom is 0.198 e. The van der Waals surface area contributed by atoms with E-state index < -0.39 is 0 Å². The van der Waals surface area contributed by atoms with Crippen LogP contribution in [0.15, 0.2) is 138 Å². The lowest BCUT2D eigenvalue weighted by Gasteiger charge is -2.42. The number of thiophene rings is 1. The van der Waals surface area contributed by atoms with E-state index in [1.54, 1.807) is 0 Å². The van der Waals surface area contributed by atoms with Crippen LogP contribution in [0.1, 0.15) is 78.0 Å². The minimum absolute atomic E-state index is 0.0607. The van der Waals surface area contributed by atoms with Gasteiger partial charge in [0, 0.05) is 70.0 Å². The minimum atomic E-state index is 0.0607. The highest BCUT2D eigenvalue weighted by Crippen LogP contribution is 2.50. The van der Waals surface area contributed by atoms with Crippen molar-refractivity contribution >= 4 is 93.9 Å². The number of aromatic nitrogens is 1. The lowest BCUT2D eigenvalue weighted by Crippen LogP contribution is -2.37. The van der Waals surface area contributed by atoms with E-state index in [9.17, 15) is 0 Å². The molecule has 1 aliphatic heterocycles. The average molecular weight is 809 g/mol. The molecule has 1 N–H and O–H groups in total. The smallest absolute Gasteiger partial charge is 0.198 e. The molecule has 0 saturated heterocycles. The van der Waals surface area contributed by atoms with E-state index in [4.69, 9.17) is 4.42 Å². The Balaban J connectivity index is 1.15. The van der Waals surface area contributed by atoms with Gasteiger partial charge in [-0.1, -0.05) is 127 Å². The Kier molecular flexibility index (Phi) is 7.69. The zero-order chi connectivity index (χ0) is 41.6. The fraction of sp³-hybridized carbons (Fsp3) is 0.214. The zero-order valence-corrected chi connectivity index (χ0v) is 36.9. The van der Waals surface area contributed by atoms with Gasteiger partial charge in [0.05, 0.1) is 11.8 Å². The summed E-state index contributed by atoms with van der Waals surface area (Å²) in [7, 11) is 0.804. The number of benzene rings is 7. The standard InChI is InChI=1S/C56H49BN2OS/c1-54(2,3)33-17-19-34(20-18-33)58-46-28-44-43(55(4,5)23-24-56(44,6)7)26-38(46)36-21-22-37-39-25-41-35-15-11-12-16-50(35)61-51(41)30-47(39)59-48-27-40-42(32-13-9-8-10-14-32)31-60-49(40)29-45(48)57-52(36)53(37)59/h8-22,25-31,57-58H,23-24H2,1-7H3. The molecule has 0 unspecified atom stereocenters. The van der Waals surface area contributed by atoms with Gasteiger partial charge in [0.15, 0.2) is 7.28 Å². The molecule has 1 aliphatic carbocycles. The van der Waals surface area contributed by atoms with Crippen LogP contribution in [0.25, 0.3) is 80.9 Å². The van der Waals surface area contributed by atoms with Gasteiger partial charge >= 0.3 is 0 Å². The molecule has 0 amide bonds. The average Bonchev–Trinajstić information content (AvgIpc) is 3.93. The molecule has 0 spiro atoms. The van der Waals surface area contributed by atoms with Crippen LogP contribution in [0, 0.1) is 0 Å². The van der Waals surface area contributed by atoms with Crippen LogP contribution in [0.5, 0.6) is 0 Å². The molecule has 0 atom stereocenters. The van der Waals surface area contributed by atoms with Crippen molar-refractivity contribution < 1.29 is 4.42 Å². The molecule has 0 saturated carbocycles. The maximum absolute atomic E-state index is 6.41. The summed E-state index contributed by atoms with van der Waals surface area (Å²) in [6, 6.07) is 48.2. The predicted octanol–water partition coefficient (Wildman–Crippen LogP) is 14.3. The van der Waals surface area contributed by atoms with E-state index in [2.05, 4.69) is 186 Å². The molecule has 0 bridgehead atoms. The van der Waals surface area contributed by atoms with Gasteiger partial charge in [-0.3, -0.25) is 0 Å². The third-order valence-corrected chi connectivity index (χ3v) is 15.4. The molecular formula is C56H49BN2OS. The summed E-state index contributed by atoms with van der Waals surface area (Å²) in [5.74, 6) is 0. The summed E-state index contributed by atoms with van der Waals surface area (Å²) in [6.07, 6.45) is 4.27. The van der Waals surface area contributed by atoms with Crippen LogP contribution < -0.4 is 16.2 Å². The summed E-state index contributed by atoms with van der Waals surface area (Å²) >= 11 is 1.89. The molecule has 5 heteroatoms. The Hall–Kier alpha value is -6.04. The van der Waals surface area contributed by atoms with Crippen molar-refractivity contribution in [3.63, 3.8) is 0 Å². The third kappa shape index (κ3) is 5.56. The zero-order valence-electron chi connectivity index (χ0n) is 36.1. The van der Waals surface area contributed by atoms with E-state index in [1.165, 1.54) is 98.4 Å². The second-order valence-electron chi connectivity index (χ2n) is 20.1. The molecule has 10 aromatic rings. The molecule has 4 heterocycles.